The molecule has 1 amide bonds. The number of rotatable bonds is 5. The van der Waals surface area contributed by atoms with Crippen molar-refractivity contribution in [2.24, 2.45) is 0 Å². The van der Waals surface area contributed by atoms with Gasteiger partial charge in [0.05, 0.1) is 6.20 Å². The lowest BCUT2D eigenvalue weighted by Gasteiger charge is -2.19. The molecule has 2 aromatic carbocycles. The first-order chi connectivity index (χ1) is 14.8. The normalized spacial score (nSPS) is 11.5. The summed E-state index contributed by atoms with van der Waals surface area (Å²) in [6.45, 7) is 6.79. The topological polar surface area (TPSA) is 71.3 Å². The fourth-order valence-electron chi connectivity index (χ4n) is 3.25. The number of anilines is 2. The highest BCUT2D eigenvalue weighted by atomic mass is 19.1. The van der Waals surface area contributed by atoms with Crippen molar-refractivity contribution in [3.05, 3.63) is 89.4 Å². The van der Waals surface area contributed by atoms with Crippen LogP contribution < -0.4 is 10.6 Å². The van der Waals surface area contributed by atoms with Crippen molar-refractivity contribution < 1.29 is 9.18 Å². The summed E-state index contributed by atoms with van der Waals surface area (Å²) in [7, 11) is 0. The summed E-state index contributed by atoms with van der Waals surface area (Å²) in [5.74, 6) is 0.508. The predicted molar refractivity (Wildman–Crippen MR) is 120 cm³/mol. The van der Waals surface area contributed by atoms with E-state index in [2.05, 4.69) is 41.5 Å². The predicted octanol–water partition coefficient (Wildman–Crippen LogP) is 5.03. The van der Waals surface area contributed by atoms with Crippen molar-refractivity contribution in [1.29, 1.82) is 0 Å². The Balaban J connectivity index is 1.54. The van der Waals surface area contributed by atoms with E-state index in [9.17, 15) is 9.18 Å². The summed E-state index contributed by atoms with van der Waals surface area (Å²) in [5.41, 5.74) is 3.11. The third-order valence-corrected chi connectivity index (χ3v) is 4.98. The summed E-state index contributed by atoms with van der Waals surface area (Å²) < 4.78 is 15.1. The molecule has 0 saturated carbocycles. The van der Waals surface area contributed by atoms with Gasteiger partial charge in [0.1, 0.15) is 17.5 Å². The molecule has 0 unspecified atom stereocenters. The summed E-state index contributed by atoms with van der Waals surface area (Å²) in [5, 5.41) is 10.4. The van der Waals surface area contributed by atoms with Crippen LogP contribution >= 0.6 is 0 Å². The minimum atomic E-state index is -0.288. The van der Waals surface area contributed by atoms with Crippen LogP contribution in [0.1, 0.15) is 42.3 Å². The van der Waals surface area contributed by atoms with E-state index in [0.717, 1.165) is 11.1 Å². The zero-order chi connectivity index (χ0) is 22.0. The number of nitrogens with one attached hydrogen (secondary N) is 2. The Morgan fingerprint density at radius 2 is 1.84 bits per heavy atom. The first-order valence-corrected chi connectivity index (χ1v) is 10.0. The molecule has 0 fully saturated rings. The summed E-state index contributed by atoms with van der Waals surface area (Å²) >= 11 is 0. The van der Waals surface area contributed by atoms with E-state index in [1.165, 1.54) is 12.1 Å². The highest BCUT2D eigenvalue weighted by Gasteiger charge is 2.15. The minimum Gasteiger partial charge on any atom is -0.366 e. The summed E-state index contributed by atoms with van der Waals surface area (Å²) in [6, 6.07) is 17.4. The maximum absolute atomic E-state index is 13.5. The number of nitrogens with zero attached hydrogens (tertiary/aromatic N) is 3. The molecule has 0 saturated heterocycles. The maximum atomic E-state index is 13.5. The summed E-state index contributed by atoms with van der Waals surface area (Å²) in [6.07, 6.45) is 1.63. The quantitative estimate of drug-likeness (QED) is 0.478. The molecule has 0 spiro atoms. The highest BCUT2D eigenvalue weighted by molar-refractivity contribution is 6.04. The van der Waals surface area contributed by atoms with E-state index in [-0.39, 0.29) is 17.1 Å². The molecule has 0 atom stereocenters. The van der Waals surface area contributed by atoms with Crippen molar-refractivity contribution in [2.45, 2.75) is 32.7 Å². The molecule has 2 aromatic heterocycles. The van der Waals surface area contributed by atoms with Gasteiger partial charge in [0.2, 0.25) is 0 Å². The number of halogens is 1. The average molecular weight is 417 g/mol. The second-order valence-electron chi connectivity index (χ2n) is 8.39. The Hall–Kier alpha value is -3.74. The van der Waals surface area contributed by atoms with Gasteiger partial charge in [0.15, 0.2) is 5.65 Å². The minimum absolute atomic E-state index is 0.0197. The van der Waals surface area contributed by atoms with Gasteiger partial charge < -0.3 is 10.6 Å². The molecular weight excluding hydrogens is 393 g/mol. The number of hydrogen-bond donors (Lipinski definition) is 2. The van der Waals surface area contributed by atoms with Crippen molar-refractivity contribution in [2.75, 3.05) is 10.6 Å². The van der Waals surface area contributed by atoms with E-state index in [0.29, 0.717) is 29.4 Å². The fraction of sp³-hybridized carbons (Fsp3) is 0.208. The van der Waals surface area contributed by atoms with Crippen molar-refractivity contribution in [3.8, 4) is 0 Å². The molecule has 0 aliphatic carbocycles. The van der Waals surface area contributed by atoms with E-state index in [1.807, 2.05) is 30.3 Å². The van der Waals surface area contributed by atoms with Crippen LogP contribution in [0, 0.1) is 5.82 Å². The lowest BCUT2D eigenvalue weighted by molar-refractivity contribution is 0.102. The van der Waals surface area contributed by atoms with Gasteiger partial charge in [-0.2, -0.15) is 9.61 Å². The molecule has 0 bridgehead atoms. The van der Waals surface area contributed by atoms with Gasteiger partial charge in [-0.3, -0.25) is 4.79 Å². The monoisotopic (exact) mass is 417 g/mol. The zero-order valence-corrected chi connectivity index (χ0v) is 17.7. The molecule has 2 N–H and O–H groups in total. The van der Waals surface area contributed by atoms with Gasteiger partial charge in [-0.15, -0.1) is 0 Å². The third kappa shape index (κ3) is 4.71. The van der Waals surface area contributed by atoms with Crippen molar-refractivity contribution in [3.63, 3.8) is 0 Å². The largest absolute Gasteiger partial charge is 0.366 e. The van der Waals surface area contributed by atoms with Crippen molar-refractivity contribution >= 4 is 23.2 Å². The number of benzene rings is 2. The van der Waals surface area contributed by atoms with Crippen LogP contribution in [0.4, 0.5) is 16.0 Å². The zero-order valence-electron chi connectivity index (χ0n) is 17.7. The summed E-state index contributed by atoms with van der Waals surface area (Å²) in [4.78, 5) is 17.2. The third-order valence-electron chi connectivity index (χ3n) is 4.98. The first-order valence-electron chi connectivity index (χ1n) is 10.0. The van der Waals surface area contributed by atoms with Crippen LogP contribution in [-0.4, -0.2) is 20.5 Å². The Bertz CT molecular complexity index is 1220. The molecule has 0 aliphatic rings. The molecule has 4 rings (SSSR count). The van der Waals surface area contributed by atoms with Crippen LogP contribution in [0.3, 0.4) is 0 Å². The van der Waals surface area contributed by atoms with Gasteiger partial charge in [-0.1, -0.05) is 45.0 Å². The fourth-order valence-corrected chi connectivity index (χ4v) is 3.25. The second kappa shape index (κ2) is 8.18. The molecule has 0 radical (unpaired) electrons. The number of fused-ring (bicyclic) bond motifs is 1. The number of amides is 1. The SMILES string of the molecule is CC(C)(C)c1ccc(C(=O)Nc2cc(NCc3cccc(F)c3)n3nccc3n2)cc1. The second-order valence-corrected chi connectivity index (χ2v) is 8.39. The van der Waals surface area contributed by atoms with Crippen LogP contribution in [0.15, 0.2) is 66.9 Å². The van der Waals surface area contributed by atoms with Crippen LogP contribution in [0.2, 0.25) is 0 Å². The molecule has 4 aromatic rings. The molecule has 6 nitrogen and oxygen atoms in total. The highest BCUT2D eigenvalue weighted by Crippen LogP contribution is 2.23. The van der Waals surface area contributed by atoms with Crippen LogP contribution in [0.5, 0.6) is 0 Å². The Kier molecular flexibility index (Phi) is 5.42. The molecule has 7 heteroatoms. The lowest BCUT2D eigenvalue weighted by Crippen LogP contribution is -2.16. The average Bonchev–Trinajstić information content (AvgIpc) is 3.20. The van der Waals surface area contributed by atoms with Crippen LogP contribution in [0.25, 0.3) is 5.65 Å². The maximum Gasteiger partial charge on any atom is 0.256 e. The molecule has 0 aliphatic heterocycles. The Morgan fingerprint density at radius 1 is 1.06 bits per heavy atom. The van der Waals surface area contributed by atoms with Crippen molar-refractivity contribution in [1.82, 2.24) is 14.6 Å². The molecule has 2 heterocycles. The lowest BCUT2D eigenvalue weighted by atomic mass is 9.87. The van der Waals surface area contributed by atoms with E-state index < -0.39 is 0 Å². The van der Waals surface area contributed by atoms with E-state index >= 15 is 0 Å². The Morgan fingerprint density at radius 3 is 2.55 bits per heavy atom. The van der Waals surface area contributed by atoms with Gasteiger partial charge >= 0.3 is 0 Å². The van der Waals surface area contributed by atoms with Gasteiger partial charge in [0, 0.05) is 24.2 Å². The van der Waals surface area contributed by atoms with Gasteiger partial charge in [0.25, 0.3) is 5.91 Å². The number of hydrogen-bond acceptors (Lipinski definition) is 4. The number of carbonyl (C=O) groups is 1. The molecule has 158 valence electrons. The number of aromatic nitrogens is 3. The molecular formula is C24H24FN5O. The van der Waals surface area contributed by atoms with E-state index in [4.69, 9.17) is 0 Å². The van der Waals surface area contributed by atoms with Gasteiger partial charge in [-0.25, -0.2) is 9.37 Å². The smallest absolute Gasteiger partial charge is 0.256 e. The number of carbonyl (C=O) groups excluding carboxylic acids is 1. The Labute approximate surface area is 180 Å². The standard InChI is InChI=1S/C24H24FN5O/c1-24(2,3)18-9-7-17(8-10-18)23(31)29-20-14-22(30-21(28-20)11-12-27-30)26-15-16-5-4-6-19(25)13-16/h4-14,26H,15H2,1-3H3,(H,28,29,31). The van der Waals surface area contributed by atoms with E-state index in [1.54, 1.807) is 28.9 Å². The van der Waals surface area contributed by atoms with Gasteiger partial charge in [-0.05, 0) is 40.8 Å². The van der Waals surface area contributed by atoms with Crippen LogP contribution in [-0.2, 0) is 12.0 Å². The first kappa shape index (κ1) is 20.5. The molecule has 31 heavy (non-hydrogen) atoms.